The van der Waals surface area contributed by atoms with Crippen molar-refractivity contribution in [3.63, 3.8) is 0 Å². The van der Waals surface area contributed by atoms with Crippen LogP contribution in [0.25, 0.3) is 0 Å². The fourth-order valence-corrected chi connectivity index (χ4v) is 2.50. The molecule has 1 rings (SSSR count). The van der Waals surface area contributed by atoms with E-state index in [0.29, 0.717) is 0 Å². The lowest BCUT2D eigenvalue weighted by Crippen LogP contribution is -2.35. The van der Waals surface area contributed by atoms with Gasteiger partial charge in [0.05, 0.1) is 11.5 Å². The van der Waals surface area contributed by atoms with Crippen LogP contribution in [-0.4, -0.2) is 39.2 Å². The molecule has 0 fully saturated rings. The first-order chi connectivity index (χ1) is 8.95. The van der Waals surface area contributed by atoms with Crippen molar-refractivity contribution in [2.75, 3.05) is 18.9 Å². The summed E-state index contributed by atoms with van der Waals surface area (Å²) in [7, 11) is -3.68. The Morgan fingerprint density at radius 3 is 2.42 bits per heavy atom. The molecule has 0 radical (unpaired) electrons. The van der Waals surface area contributed by atoms with Crippen LogP contribution in [0.1, 0.15) is 6.92 Å². The zero-order valence-corrected chi connectivity index (χ0v) is 11.3. The highest BCUT2D eigenvalue weighted by molar-refractivity contribution is 7.92. The van der Waals surface area contributed by atoms with Gasteiger partial charge in [-0.15, -0.1) is 0 Å². The zero-order valence-electron chi connectivity index (χ0n) is 10.5. The summed E-state index contributed by atoms with van der Waals surface area (Å²) in [5, 5.41) is 2.20. The van der Waals surface area contributed by atoms with Crippen LogP contribution in [0.3, 0.4) is 0 Å². The minimum absolute atomic E-state index is 0.0706. The molecule has 0 spiro atoms. The Labute approximate surface area is 111 Å². The molecule has 1 N–H and O–H groups in total. The molecule has 0 bridgehead atoms. The molecule has 1 aromatic carbocycles. The van der Waals surface area contributed by atoms with E-state index in [0.717, 1.165) is 0 Å². The van der Waals surface area contributed by atoms with Crippen LogP contribution in [0.2, 0.25) is 0 Å². The van der Waals surface area contributed by atoms with Crippen molar-refractivity contribution in [3.05, 3.63) is 30.3 Å². The number of hydrogen-bond acceptors (Lipinski definition) is 5. The van der Waals surface area contributed by atoms with E-state index in [2.05, 4.69) is 10.1 Å². The van der Waals surface area contributed by atoms with Gasteiger partial charge in [0.15, 0.2) is 9.84 Å². The second kappa shape index (κ2) is 6.89. The first-order valence-electron chi connectivity index (χ1n) is 5.66. The molecule has 0 unspecified atom stereocenters. The number of carbonyl (C=O) groups is 2. The van der Waals surface area contributed by atoms with E-state index in [1.165, 1.54) is 12.1 Å². The lowest BCUT2D eigenvalue weighted by molar-refractivity contribution is -0.143. The number of benzene rings is 1. The predicted octanol–water partition coefficient (Wildman–Crippen LogP) is 0.140. The van der Waals surface area contributed by atoms with Crippen molar-refractivity contribution in [2.24, 2.45) is 0 Å². The smallest absolute Gasteiger partial charge is 0.325 e. The number of rotatable bonds is 6. The quantitative estimate of drug-likeness (QED) is 0.751. The number of esters is 1. The Morgan fingerprint density at radius 1 is 1.21 bits per heavy atom. The van der Waals surface area contributed by atoms with E-state index in [9.17, 15) is 18.0 Å². The molecule has 7 heteroatoms. The van der Waals surface area contributed by atoms with Crippen molar-refractivity contribution in [1.82, 2.24) is 5.32 Å². The summed E-state index contributed by atoms with van der Waals surface area (Å²) in [6, 6.07) is 7.65. The van der Waals surface area contributed by atoms with Crippen LogP contribution < -0.4 is 5.32 Å². The van der Waals surface area contributed by atoms with Gasteiger partial charge in [-0.05, 0) is 19.1 Å². The summed E-state index contributed by atoms with van der Waals surface area (Å²) in [6.45, 7) is 1.51. The number of sulfone groups is 1. The van der Waals surface area contributed by atoms with Gasteiger partial charge in [0, 0.05) is 0 Å². The van der Waals surface area contributed by atoms with Gasteiger partial charge in [-0.3, -0.25) is 9.59 Å². The maximum absolute atomic E-state index is 11.8. The molecule has 0 aliphatic rings. The topological polar surface area (TPSA) is 89.5 Å². The Morgan fingerprint density at radius 2 is 1.84 bits per heavy atom. The highest BCUT2D eigenvalue weighted by atomic mass is 32.2. The third-order valence-corrected chi connectivity index (χ3v) is 3.79. The fraction of sp³-hybridized carbons (Fsp3) is 0.333. The minimum atomic E-state index is -3.68. The van der Waals surface area contributed by atoms with Crippen molar-refractivity contribution >= 4 is 21.7 Å². The molecule has 0 saturated heterocycles. The van der Waals surface area contributed by atoms with Gasteiger partial charge in [-0.25, -0.2) is 8.42 Å². The highest BCUT2D eigenvalue weighted by Gasteiger charge is 2.19. The van der Waals surface area contributed by atoms with Crippen LogP contribution in [0, 0.1) is 0 Å². The maximum atomic E-state index is 11.8. The number of hydrogen-bond donors (Lipinski definition) is 1. The molecule has 0 atom stereocenters. The van der Waals surface area contributed by atoms with E-state index < -0.39 is 27.5 Å². The molecule has 0 saturated carbocycles. The van der Waals surface area contributed by atoms with Crippen molar-refractivity contribution < 1.29 is 22.7 Å². The molecule has 0 aromatic heterocycles. The Kier molecular flexibility index (Phi) is 5.50. The van der Waals surface area contributed by atoms with Crippen molar-refractivity contribution in [2.45, 2.75) is 11.8 Å². The fourth-order valence-electron chi connectivity index (χ4n) is 1.32. The second-order valence-corrected chi connectivity index (χ2v) is 5.64. The molecular formula is C12H15NO5S. The van der Waals surface area contributed by atoms with Crippen LogP contribution >= 0.6 is 0 Å². The first-order valence-corrected chi connectivity index (χ1v) is 7.31. The molecule has 19 heavy (non-hydrogen) atoms. The lowest BCUT2D eigenvalue weighted by atomic mass is 10.4. The Bertz CT molecular complexity index is 538. The summed E-state index contributed by atoms with van der Waals surface area (Å²) < 4.78 is 28.3. The second-order valence-electron chi connectivity index (χ2n) is 3.65. The molecule has 0 aliphatic carbocycles. The zero-order chi connectivity index (χ0) is 14.3. The number of amides is 1. The SMILES string of the molecule is CCOC(=O)CNC(=O)CS(=O)(=O)c1ccccc1. The average Bonchev–Trinajstić information content (AvgIpc) is 2.37. The van der Waals surface area contributed by atoms with E-state index >= 15 is 0 Å². The Balaban J connectivity index is 2.55. The number of nitrogens with one attached hydrogen (secondary N) is 1. The summed E-state index contributed by atoms with van der Waals surface area (Å²) in [4.78, 5) is 22.5. The standard InChI is InChI=1S/C12H15NO5S/c1-2-18-12(15)8-13-11(14)9-19(16,17)10-6-4-3-5-7-10/h3-7H,2,8-9H2,1H3,(H,13,14). The van der Waals surface area contributed by atoms with Crippen LogP contribution in [0.4, 0.5) is 0 Å². The van der Waals surface area contributed by atoms with Crippen LogP contribution in [0.5, 0.6) is 0 Å². The van der Waals surface area contributed by atoms with Crippen molar-refractivity contribution in [3.8, 4) is 0 Å². The predicted molar refractivity (Wildman–Crippen MR) is 68.1 cm³/mol. The van der Waals surface area contributed by atoms with Gasteiger partial charge < -0.3 is 10.1 Å². The summed E-state index contributed by atoms with van der Waals surface area (Å²) in [5.41, 5.74) is 0. The molecule has 6 nitrogen and oxygen atoms in total. The van der Waals surface area contributed by atoms with Crippen LogP contribution in [-0.2, 0) is 24.2 Å². The third kappa shape index (κ3) is 5.09. The molecule has 0 heterocycles. The van der Waals surface area contributed by atoms with E-state index in [4.69, 9.17) is 0 Å². The summed E-state index contributed by atoms with van der Waals surface area (Å²) in [6.07, 6.45) is 0. The first kappa shape index (κ1) is 15.2. The van der Waals surface area contributed by atoms with Gasteiger partial charge in [0.25, 0.3) is 0 Å². The number of ether oxygens (including phenoxy) is 1. The molecule has 1 amide bonds. The minimum Gasteiger partial charge on any atom is -0.465 e. The van der Waals surface area contributed by atoms with E-state index in [1.807, 2.05) is 0 Å². The van der Waals surface area contributed by atoms with Gasteiger partial charge in [0.2, 0.25) is 5.91 Å². The van der Waals surface area contributed by atoms with Gasteiger partial charge >= 0.3 is 5.97 Å². The summed E-state index contributed by atoms with van der Waals surface area (Å²) >= 11 is 0. The van der Waals surface area contributed by atoms with Crippen molar-refractivity contribution in [1.29, 1.82) is 0 Å². The molecule has 1 aromatic rings. The Hall–Kier alpha value is -1.89. The molecule has 104 valence electrons. The monoisotopic (exact) mass is 285 g/mol. The number of carbonyl (C=O) groups excluding carboxylic acids is 2. The lowest BCUT2D eigenvalue weighted by Gasteiger charge is -2.06. The largest absolute Gasteiger partial charge is 0.465 e. The van der Waals surface area contributed by atoms with E-state index in [-0.39, 0.29) is 18.0 Å². The molecule has 0 aliphatic heterocycles. The maximum Gasteiger partial charge on any atom is 0.325 e. The average molecular weight is 285 g/mol. The van der Waals surface area contributed by atoms with Crippen LogP contribution in [0.15, 0.2) is 35.2 Å². The third-order valence-electron chi connectivity index (χ3n) is 2.16. The van der Waals surface area contributed by atoms with Gasteiger partial charge in [0.1, 0.15) is 12.3 Å². The van der Waals surface area contributed by atoms with E-state index in [1.54, 1.807) is 25.1 Å². The molecular weight excluding hydrogens is 270 g/mol. The highest BCUT2D eigenvalue weighted by Crippen LogP contribution is 2.09. The normalized spacial score (nSPS) is 10.8. The van der Waals surface area contributed by atoms with Gasteiger partial charge in [-0.1, -0.05) is 18.2 Å². The van der Waals surface area contributed by atoms with Gasteiger partial charge in [-0.2, -0.15) is 0 Å². The summed E-state index contributed by atoms with van der Waals surface area (Å²) in [5.74, 6) is -2.04.